The highest BCUT2D eigenvalue weighted by Gasteiger charge is 2.33. The van der Waals surface area contributed by atoms with Gasteiger partial charge in [-0.05, 0) is 25.1 Å². The van der Waals surface area contributed by atoms with E-state index in [1.807, 2.05) is 30.0 Å². The maximum absolute atomic E-state index is 12.6. The summed E-state index contributed by atoms with van der Waals surface area (Å²) >= 11 is 0. The molecule has 1 amide bonds. The first-order valence-corrected chi connectivity index (χ1v) is 8.31. The highest BCUT2D eigenvalue weighted by Crippen LogP contribution is 2.21. The predicted molar refractivity (Wildman–Crippen MR) is 90.7 cm³/mol. The molecule has 23 heavy (non-hydrogen) atoms. The third kappa shape index (κ3) is 3.39. The van der Waals surface area contributed by atoms with Crippen LogP contribution in [0.25, 0.3) is 0 Å². The summed E-state index contributed by atoms with van der Waals surface area (Å²) < 4.78 is 0. The number of nitrogens with one attached hydrogen (secondary N) is 1. The van der Waals surface area contributed by atoms with Crippen molar-refractivity contribution in [2.75, 3.05) is 63.2 Å². The molecule has 1 atom stereocenters. The van der Waals surface area contributed by atoms with Gasteiger partial charge in [-0.3, -0.25) is 4.79 Å². The maximum atomic E-state index is 12.6. The topological polar surface area (TPSA) is 64.6 Å². The van der Waals surface area contributed by atoms with Crippen LogP contribution in [0.3, 0.4) is 0 Å². The van der Waals surface area contributed by atoms with Crippen molar-refractivity contribution in [2.45, 2.75) is 6.92 Å². The molecule has 1 aromatic heterocycles. The molecule has 2 saturated heterocycles. The van der Waals surface area contributed by atoms with Gasteiger partial charge in [0.2, 0.25) is 11.9 Å². The van der Waals surface area contributed by atoms with Crippen molar-refractivity contribution in [3.05, 3.63) is 12.3 Å². The minimum atomic E-state index is 0.127. The number of piperazine rings is 1. The summed E-state index contributed by atoms with van der Waals surface area (Å²) in [5, 5.41) is 3.25. The molecule has 3 rings (SSSR count). The second-order valence-electron chi connectivity index (χ2n) is 6.63. The summed E-state index contributed by atoms with van der Waals surface area (Å²) in [6.45, 7) is 7.20. The molecule has 0 aromatic carbocycles. The number of nitrogens with zero attached hydrogens (tertiary/aromatic N) is 5. The molecule has 0 bridgehead atoms. The Bertz CT molecular complexity index is 551. The molecule has 2 aliphatic heterocycles. The van der Waals surface area contributed by atoms with Crippen LogP contribution in [-0.4, -0.2) is 74.1 Å². The summed E-state index contributed by atoms with van der Waals surface area (Å²) in [4.78, 5) is 27.5. The lowest BCUT2D eigenvalue weighted by atomic mass is 9.88. The molecule has 1 N–H and O–H groups in total. The van der Waals surface area contributed by atoms with Gasteiger partial charge in [-0.25, -0.2) is 4.98 Å². The summed E-state index contributed by atoms with van der Waals surface area (Å²) in [5.74, 6) is 2.58. The number of amides is 1. The van der Waals surface area contributed by atoms with E-state index in [-0.39, 0.29) is 5.92 Å². The third-order valence-electron chi connectivity index (χ3n) is 4.85. The quantitative estimate of drug-likeness (QED) is 0.846. The fourth-order valence-corrected chi connectivity index (χ4v) is 3.04. The fourth-order valence-electron chi connectivity index (χ4n) is 3.04. The minimum absolute atomic E-state index is 0.127. The molecule has 7 nitrogen and oxygen atoms in total. The van der Waals surface area contributed by atoms with Gasteiger partial charge in [-0.1, -0.05) is 6.92 Å². The Labute approximate surface area is 137 Å². The van der Waals surface area contributed by atoms with Crippen molar-refractivity contribution in [1.82, 2.24) is 20.2 Å². The van der Waals surface area contributed by atoms with E-state index < -0.39 is 0 Å². The average Bonchev–Trinajstić information content (AvgIpc) is 2.52. The van der Waals surface area contributed by atoms with Gasteiger partial charge in [0.05, 0.1) is 0 Å². The van der Waals surface area contributed by atoms with Crippen molar-refractivity contribution in [1.29, 1.82) is 0 Å². The Hall–Kier alpha value is -1.89. The Morgan fingerprint density at radius 2 is 2.00 bits per heavy atom. The molecule has 1 unspecified atom stereocenters. The SMILES string of the molecule is CC(C(=O)N1CCN(c2ccnc(N(C)C)n2)CC1)C1CNC1. The van der Waals surface area contributed by atoms with E-state index in [1.165, 1.54) is 0 Å². The number of hydrogen-bond acceptors (Lipinski definition) is 6. The second-order valence-corrected chi connectivity index (χ2v) is 6.63. The van der Waals surface area contributed by atoms with Crippen molar-refractivity contribution in [3.63, 3.8) is 0 Å². The Kier molecular flexibility index (Phi) is 4.66. The fraction of sp³-hybridized carbons (Fsp3) is 0.688. The van der Waals surface area contributed by atoms with Crippen molar-refractivity contribution in [3.8, 4) is 0 Å². The van der Waals surface area contributed by atoms with Crippen LogP contribution in [-0.2, 0) is 4.79 Å². The normalized spacial score (nSPS) is 20.1. The first-order chi connectivity index (χ1) is 11.1. The van der Waals surface area contributed by atoms with Gasteiger partial charge in [0.25, 0.3) is 0 Å². The van der Waals surface area contributed by atoms with E-state index in [4.69, 9.17) is 0 Å². The van der Waals surface area contributed by atoms with Crippen LogP contribution in [0, 0.1) is 11.8 Å². The molecule has 0 spiro atoms. The third-order valence-corrected chi connectivity index (χ3v) is 4.85. The first kappa shape index (κ1) is 16.0. The largest absolute Gasteiger partial charge is 0.353 e. The van der Waals surface area contributed by atoms with Crippen LogP contribution in [0.4, 0.5) is 11.8 Å². The maximum Gasteiger partial charge on any atom is 0.226 e. The van der Waals surface area contributed by atoms with E-state index in [9.17, 15) is 4.79 Å². The van der Waals surface area contributed by atoms with E-state index in [0.29, 0.717) is 17.8 Å². The van der Waals surface area contributed by atoms with Gasteiger partial charge in [-0.2, -0.15) is 4.98 Å². The molecule has 0 saturated carbocycles. The zero-order valence-corrected chi connectivity index (χ0v) is 14.2. The van der Waals surface area contributed by atoms with Crippen LogP contribution in [0.15, 0.2) is 12.3 Å². The molecule has 2 fully saturated rings. The smallest absolute Gasteiger partial charge is 0.226 e. The zero-order valence-electron chi connectivity index (χ0n) is 14.2. The Morgan fingerprint density at radius 1 is 1.30 bits per heavy atom. The number of rotatable bonds is 4. The zero-order chi connectivity index (χ0) is 16.4. The Balaban J connectivity index is 1.57. The summed E-state index contributed by atoms with van der Waals surface area (Å²) in [7, 11) is 3.87. The molecular formula is C16H26N6O. The lowest BCUT2D eigenvalue weighted by molar-refractivity contribution is -0.137. The lowest BCUT2D eigenvalue weighted by Gasteiger charge is -2.39. The summed E-state index contributed by atoms with van der Waals surface area (Å²) in [5.41, 5.74) is 0. The summed E-state index contributed by atoms with van der Waals surface area (Å²) in [6.07, 6.45) is 1.79. The van der Waals surface area contributed by atoms with E-state index >= 15 is 0 Å². The molecule has 7 heteroatoms. The van der Waals surface area contributed by atoms with Gasteiger partial charge in [0, 0.05) is 52.4 Å². The van der Waals surface area contributed by atoms with Gasteiger partial charge in [0.15, 0.2) is 0 Å². The number of anilines is 2. The van der Waals surface area contributed by atoms with Gasteiger partial charge in [-0.15, -0.1) is 0 Å². The molecule has 126 valence electrons. The van der Waals surface area contributed by atoms with E-state index in [2.05, 4.69) is 27.1 Å². The predicted octanol–water partition coefficient (Wildman–Crippen LogP) is 0.0467. The van der Waals surface area contributed by atoms with Gasteiger partial charge < -0.3 is 20.0 Å². The monoisotopic (exact) mass is 318 g/mol. The van der Waals surface area contributed by atoms with Crippen LogP contribution < -0.4 is 15.1 Å². The second kappa shape index (κ2) is 6.70. The number of hydrogen-bond donors (Lipinski definition) is 1. The first-order valence-electron chi connectivity index (χ1n) is 8.31. The standard InChI is InChI=1S/C16H26N6O/c1-12(13-10-17-11-13)15(23)22-8-6-21(7-9-22)14-4-5-18-16(19-14)20(2)3/h4-5,12-13,17H,6-11H2,1-3H3. The minimum Gasteiger partial charge on any atom is -0.353 e. The number of carbonyl (C=O) groups is 1. The molecule has 0 aliphatic carbocycles. The lowest BCUT2D eigenvalue weighted by Crippen LogP contribution is -2.54. The molecule has 1 aromatic rings. The molecule has 0 radical (unpaired) electrons. The van der Waals surface area contributed by atoms with E-state index in [0.717, 1.165) is 45.1 Å². The van der Waals surface area contributed by atoms with Gasteiger partial charge in [0.1, 0.15) is 5.82 Å². The van der Waals surface area contributed by atoms with Crippen LogP contribution >= 0.6 is 0 Å². The van der Waals surface area contributed by atoms with Crippen molar-refractivity contribution >= 4 is 17.7 Å². The number of carbonyl (C=O) groups excluding carboxylic acids is 1. The van der Waals surface area contributed by atoms with E-state index in [1.54, 1.807) is 6.20 Å². The van der Waals surface area contributed by atoms with Crippen LogP contribution in [0.5, 0.6) is 0 Å². The molecule has 2 aliphatic rings. The molecular weight excluding hydrogens is 292 g/mol. The van der Waals surface area contributed by atoms with Crippen molar-refractivity contribution < 1.29 is 4.79 Å². The highest BCUT2D eigenvalue weighted by atomic mass is 16.2. The highest BCUT2D eigenvalue weighted by molar-refractivity contribution is 5.79. The van der Waals surface area contributed by atoms with Crippen LogP contribution in [0.1, 0.15) is 6.92 Å². The van der Waals surface area contributed by atoms with Crippen molar-refractivity contribution in [2.24, 2.45) is 11.8 Å². The Morgan fingerprint density at radius 3 is 2.57 bits per heavy atom. The summed E-state index contributed by atoms with van der Waals surface area (Å²) in [6, 6.07) is 1.94. The van der Waals surface area contributed by atoms with Crippen LogP contribution in [0.2, 0.25) is 0 Å². The number of aromatic nitrogens is 2. The average molecular weight is 318 g/mol. The van der Waals surface area contributed by atoms with Gasteiger partial charge >= 0.3 is 0 Å². The molecule has 3 heterocycles.